The number of para-hydroxylation sites is 1. The Hall–Kier alpha value is -2.94. The second-order valence-electron chi connectivity index (χ2n) is 6.81. The van der Waals surface area contributed by atoms with E-state index in [1.165, 1.54) is 18.2 Å². The van der Waals surface area contributed by atoms with Gasteiger partial charge in [-0.1, -0.05) is 17.3 Å². The summed E-state index contributed by atoms with van der Waals surface area (Å²) in [4.78, 5) is 8.40. The summed E-state index contributed by atoms with van der Waals surface area (Å²) in [6.45, 7) is 3.21. The van der Waals surface area contributed by atoms with Crippen LogP contribution in [-0.4, -0.2) is 41.2 Å². The average molecular weight is 406 g/mol. The molecule has 1 aliphatic heterocycles. The smallest absolute Gasteiger partial charge is 0.367 e. The Balaban J connectivity index is 1.36. The molecule has 1 aliphatic rings. The second kappa shape index (κ2) is 7.82. The molecule has 5 nitrogen and oxygen atoms in total. The molecule has 1 aromatic heterocycles. The summed E-state index contributed by atoms with van der Waals surface area (Å²) >= 11 is 0. The highest BCUT2D eigenvalue weighted by atomic mass is 19.4. The van der Waals surface area contributed by atoms with Crippen molar-refractivity contribution in [1.82, 2.24) is 15.0 Å². The van der Waals surface area contributed by atoms with Gasteiger partial charge in [-0.25, -0.2) is 4.39 Å². The molecule has 0 aliphatic carbocycles. The number of piperazine rings is 1. The molecule has 0 radical (unpaired) electrons. The van der Waals surface area contributed by atoms with E-state index in [-0.39, 0.29) is 11.7 Å². The molecule has 0 N–H and O–H groups in total. The topological polar surface area (TPSA) is 45.4 Å². The van der Waals surface area contributed by atoms with Crippen molar-refractivity contribution in [3.05, 3.63) is 65.7 Å². The summed E-state index contributed by atoms with van der Waals surface area (Å²) in [5.41, 5.74) is 0.297. The van der Waals surface area contributed by atoms with Crippen LogP contribution in [0.5, 0.6) is 0 Å². The first-order chi connectivity index (χ1) is 13.9. The van der Waals surface area contributed by atoms with E-state index in [2.05, 4.69) is 15.0 Å². The van der Waals surface area contributed by atoms with E-state index in [1.807, 2.05) is 11.0 Å². The Bertz CT molecular complexity index is 963. The highest BCUT2D eigenvalue weighted by Crippen LogP contribution is 2.30. The summed E-state index contributed by atoms with van der Waals surface area (Å²) in [6.07, 6.45) is -4.39. The molecular weight excluding hydrogens is 388 g/mol. The van der Waals surface area contributed by atoms with Crippen LogP contribution in [0.1, 0.15) is 11.4 Å². The third kappa shape index (κ3) is 4.40. The van der Waals surface area contributed by atoms with Crippen LogP contribution in [0.2, 0.25) is 0 Å². The van der Waals surface area contributed by atoms with E-state index < -0.39 is 11.7 Å². The molecular formula is C20H18F4N4O. The summed E-state index contributed by atoms with van der Waals surface area (Å²) in [5.74, 6) is 0.401. The zero-order chi connectivity index (χ0) is 20.4. The molecule has 0 atom stereocenters. The first kappa shape index (κ1) is 19.4. The predicted molar refractivity (Wildman–Crippen MR) is 98.6 cm³/mol. The summed E-state index contributed by atoms with van der Waals surface area (Å²) in [6, 6.07) is 11.3. The van der Waals surface area contributed by atoms with E-state index in [9.17, 15) is 17.6 Å². The van der Waals surface area contributed by atoms with Crippen LogP contribution in [0.3, 0.4) is 0 Å². The van der Waals surface area contributed by atoms with E-state index in [1.54, 1.807) is 12.1 Å². The largest absolute Gasteiger partial charge is 0.416 e. The lowest BCUT2D eigenvalue weighted by Gasteiger charge is -2.35. The van der Waals surface area contributed by atoms with Crippen molar-refractivity contribution < 1.29 is 22.1 Å². The summed E-state index contributed by atoms with van der Waals surface area (Å²) in [7, 11) is 0. The lowest BCUT2D eigenvalue weighted by Crippen LogP contribution is -2.46. The minimum Gasteiger partial charge on any atom is -0.367 e. The Morgan fingerprint density at radius 1 is 0.931 bits per heavy atom. The van der Waals surface area contributed by atoms with Gasteiger partial charge in [0.15, 0.2) is 5.82 Å². The number of nitrogens with zero attached hydrogens (tertiary/aromatic N) is 4. The molecule has 29 heavy (non-hydrogen) atoms. The zero-order valence-corrected chi connectivity index (χ0v) is 15.4. The van der Waals surface area contributed by atoms with Crippen LogP contribution in [0.15, 0.2) is 53.1 Å². The Kier molecular flexibility index (Phi) is 5.23. The van der Waals surface area contributed by atoms with Crippen LogP contribution < -0.4 is 4.90 Å². The molecule has 1 fully saturated rings. The second-order valence-corrected chi connectivity index (χ2v) is 6.81. The molecule has 0 amide bonds. The van der Waals surface area contributed by atoms with Crippen molar-refractivity contribution in [3.8, 4) is 11.5 Å². The van der Waals surface area contributed by atoms with Crippen LogP contribution in [0.25, 0.3) is 11.5 Å². The normalized spacial score (nSPS) is 15.7. The predicted octanol–water partition coefficient (Wildman–Crippen LogP) is 4.22. The molecule has 2 aromatic carbocycles. The number of halogens is 4. The third-order valence-electron chi connectivity index (χ3n) is 4.86. The lowest BCUT2D eigenvalue weighted by atomic mass is 10.1. The minimum absolute atomic E-state index is 0.179. The van der Waals surface area contributed by atoms with Crippen LogP contribution in [0, 0.1) is 5.82 Å². The SMILES string of the molecule is Fc1ccccc1N1CCN(Cc2noc(-c3ccc(C(F)(F)F)cc3)n2)CC1. The van der Waals surface area contributed by atoms with E-state index >= 15 is 0 Å². The van der Waals surface area contributed by atoms with Gasteiger partial charge in [0.2, 0.25) is 0 Å². The van der Waals surface area contributed by atoms with Gasteiger partial charge in [0.1, 0.15) is 5.82 Å². The molecule has 9 heteroatoms. The van der Waals surface area contributed by atoms with Gasteiger partial charge in [-0.15, -0.1) is 0 Å². The molecule has 0 spiro atoms. The standard InChI is InChI=1S/C20H18F4N4O/c21-16-3-1-2-4-17(16)28-11-9-27(10-12-28)13-18-25-19(29-26-18)14-5-7-15(8-6-14)20(22,23)24/h1-8H,9-13H2. The fraction of sp³-hybridized carbons (Fsp3) is 0.300. The molecule has 3 aromatic rings. The van der Waals surface area contributed by atoms with Crippen molar-refractivity contribution in [2.75, 3.05) is 31.1 Å². The van der Waals surface area contributed by atoms with Gasteiger partial charge in [0, 0.05) is 31.7 Å². The first-order valence-electron chi connectivity index (χ1n) is 9.12. The van der Waals surface area contributed by atoms with E-state index in [4.69, 9.17) is 4.52 Å². The van der Waals surface area contributed by atoms with E-state index in [0.29, 0.717) is 49.8 Å². The number of anilines is 1. The molecule has 0 bridgehead atoms. The average Bonchev–Trinajstić information content (AvgIpc) is 3.17. The number of hydrogen-bond acceptors (Lipinski definition) is 5. The summed E-state index contributed by atoms with van der Waals surface area (Å²) < 4.78 is 57.1. The summed E-state index contributed by atoms with van der Waals surface area (Å²) in [5, 5.41) is 3.93. The van der Waals surface area contributed by atoms with Crippen LogP contribution >= 0.6 is 0 Å². The third-order valence-corrected chi connectivity index (χ3v) is 4.86. The van der Waals surface area contributed by atoms with Crippen LogP contribution in [-0.2, 0) is 12.7 Å². The van der Waals surface area contributed by atoms with Crippen molar-refractivity contribution in [1.29, 1.82) is 0 Å². The molecule has 4 rings (SSSR count). The number of hydrogen-bond donors (Lipinski definition) is 0. The Morgan fingerprint density at radius 2 is 1.62 bits per heavy atom. The highest BCUT2D eigenvalue weighted by Gasteiger charge is 2.30. The Morgan fingerprint density at radius 3 is 2.28 bits per heavy atom. The maximum atomic E-state index is 13.9. The molecule has 152 valence electrons. The minimum atomic E-state index is -4.39. The number of aromatic nitrogens is 2. The molecule has 0 unspecified atom stereocenters. The van der Waals surface area contributed by atoms with Crippen molar-refractivity contribution >= 4 is 5.69 Å². The monoisotopic (exact) mass is 406 g/mol. The lowest BCUT2D eigenvalue weighted by molar-refractivity contribution is -0.137. The van der Waals surface area contributed by atoms with Gasteiger partial charge in [-0.2, -0.15) is 18.2 Å². The van der Waals surface area contributed by atoms with Crippen LogP contribution in [0.4, 0.5) is 23.2 Å². The quantitative estimate of drug-likeness (QED) is 0.608. The molecule has 2 heterocycles. The number of alkyl halides is 3. The van der Waals surface area contributed by atoms with E-state index in [0.717, 1.165) is 12.1 Å². The van der Waals surface area contributed by atoms with Gasteiger partial charge < -0.3 is 9.42 Å². The maximum absolute atomic E-state index is 13.9. The first-order valence-corrected chi connectivity index (χ1v) is 9.12. The number of rotatable bonds is 4. The van der Waals surface area contributed by atoms with Gasteiger partial charge in [0.05, 0.1) is 17.8 Å². The fourth-order valence-electron chi connectivity index (χ4n) is 3.29. The highest BCUT2D eigenvalue weighted by molar-refractivity contribution is 5.53. The Labute approximate surface area is 164 Å². The van der Waals surface area contributed by atoms with Gasteiger partial charge >= 0.3 is 6.18 Å². The maximum Gasteiger partial charge on any atom is 0.416 e. The number of benzene rings is 2. The molecule has 1 saturated heterocycles. The van der Waals surface area contributed by atoms with Crippen molar-refractivity contribution in [2.45, 2.75) is 12.7 Å². The zero-order valence-electron chi connectivity index (χ0n) is 15.4. The van der Waals surface area contributed by atoms with Gasteiger partial charge in [-0.05, 0) is 36.4 Å². The van der Waals surface area contributed by atoms with Gasteiger partial charge in [0.25, 0.3) is 5.89 Å². The van der Waals surface area contributed by atoms with Gasteiger partial charge in [-0.3, -0.25) is 4.90 Å². The van der Waals surface area contributed by atoms with Crippen molar-refractivity contribution in [2.24, 2.45) is 0 Å². The molecule has 0 saturated carbocycles. The fourth-order valence-corrected chi connectivity index (χ4v) is 3.29. The van der Waals surface area contributed by atoms with Crippen molar-refractivity contribution in [3.63, 3.8) is 0 Å².